The number of carbonyl (C=O) groups is 1. The Labute approximate surface area is 93.1 Å². The maximum Gasteiger partial charge on any atom is 0.311 e. The van der Waals surface area contributed by atoms with Gasteiger partial charge in [-0.2, -0.15) is 0 Å². The first-order valence-corrected chi connectivity index (χ1v) is 5.24. The van der Waals surface area contributed by atoms with Crippen molar-refractivity contribution in [2.24, 2.45) is 5.41 Å². The molecule has 1 saturated carbocycles. The minimum atomic E-state index is -0.720. The molecule has 80 valence electrons. The highest BCUT2D eigenvalue weighted by atomic mass is 35.5. The zero-order chi connectivity index (χ0) is 10.9. The summed E-state index contributed by atoms with van der Waals surface area (Å²) in [5.74, 6) is -0.720. The van der Waals surface area contributed by atoms with Gasteiger partial charge >= 0.3 is 5.97 Å². The third kappa shape index (κ3) is 2.07. The van der Waals surface area contributed by atoms with Crippen molar-refractivity contribution in [3.63, 3.8) is 0 Å². The van der Waals surface area contributed by atoms with Crippen molar-refractivity contribution in [1.82, 2.24) is 0 Å². The number of halogens is 1. The predicted octanol–water partition coefficient (Wildman–Crippen LogP) is 2.62. The highest BCUT2D eigenvalue weighted by Crippen LogP contribution is 2.46. The lowest BCUT2D eigenvalue weighted by molar-refractivity contribution is -0.142. The zero-order valence-corrected chi connectivity index (χ0v) is 8.92. The molecule has 1 fully saturated rings. The van der Waals surface area contributed by atoms with E-state index in [2.05, 4.69) is 5.32 Å². The van der Waals surface area contributed by atoms with E-state index < -0.39 is 11.4 Å². The Bertz CT molecular complexity index is 388. The smallest absolute Gasteiger partial charge is 0.311 e. The zero-order valence-electron chi connectivity index (χ0n) is 8.16. The van der Waals surface area contributed by atoms with Crippen LogP contribution in [-0.4, -0.2) is 17.6 Å². The second-order valence-corrected chi connectivity index (χ2v) is 4.33. The van der Waals surface area contributed by atoms with Gasteiger partial charge in [-0.05, 0) is 25.0 Å². The molecule has 0 spiro atoms. The quantitative estimate of drug-likeness (QED) is 0.828. The summed E-state index contributed by atoms with van der Waals surface area (Å²) in [7, 11) is 0. The number of anilines is 1. The van der Waals surface area contributed by atoms with E-state index >= 15 is 0 Å². The summed E-state index contributed by atoms with van der Waals surface area (Å²) < 4.78 is 0. The molecule has 4 heteroatoms. The van der Waals surface area contributed by atoms with Crippen molar-refractivity contribution >= 4 is 23.3 Å². The van der Waals surface area contributed by atoms with Crippen molar-refractivity contribution in [2.75, 3.05) is 11.9 Å². The van der Waals surface area contributed by atoms with Gasteiger partial charge in [0.2, 0.25) is 0 Å². The Morgan fingerprint density at radius 2 is 2.13 bits per heavy atom. The number of aliphatic carboxylic acids is 1. The van der Waals surface area contributed by atoms with Crippen molar-refractivity contribution in [2.45, 2.75) is 12.8 Å². The van der Waals surface area contributed by atoms with Crippen LogP contribution in [0.2, 0.25) is 5.02 Å². The van der Waals surface area contributed by atoms with Gasteiger partial charge in [-0.15, -0.1) is 0 Å². The Kier molecular flexibility index (Phi) is 2.57. The molecule has 0 aliphatic heterocycles. The minimum absolute atomic E-state index is 0.450. The Balaban J connectivity index is 2.00. The summed E-state index contributed by atoms with van der Waals surface area (Å²) in [4.78, 5) is 10.9. The molecule has 2 rings (SSSR count). The van der Waals surface area contributed by atoms with Gasteiger partial charge in [0.1, 0.15) is 0 Å². The Morgan fingerprint density at radius 1 is 1.47 bits per heavy atom. The molecule has 2 N–H and O–H groups in total. The van der Waals surface area contributed by atoms with E-state index in [1.54, 1.807) is 6.07 Å². The van der Waals surface area contributed by atoms with Crippen LogP contribution in [-0.2, 0) is 4.79 Å². The lowest BCUT2D eigenvalue weighted by Gasteiger charge is -2.12. The molecule has 3 nitrogen and oxygen atoms in total. The SMILES string of the molecule is O=C(O)C1(CNc2ccccc2Cl)CC1. The second kappa shape index (κ2) is 3.74. The van der Waals surface area contributed by atoms with Crippen molar-refractivity contribution in [3.8, 4) is 0 Å². The van der Waals surface area contributed by atoms with Gasteiger partial charge in [0.05, 0.1) is 16.1 Å². The number of hydrogen-bond acceptors (Lipinski definition) is 2. The molecule has 0 radical (unpaired) electrons. The fourth-order valence-corrected chi connectivity index (χ4v) is 1.69. The number of carboxylic acids is 1. The number of hydrogen-bond donors (Lipinski definition) is 2. The van der Waals surface area contributed by atoms with Crippen LogP contribution in [0.4, 0.5) is 5.69 Å². The molecule has 1 aliphatic rings. The second-order valence-electron chi connectivity index (χ2n) is 3.92. The van der Waals surface area contributed by atoms with Gasteiger partial charge < -0.3 is 10.4 Å². The molecule has 1 aliphatic carbocycles. The van der Waals surface area contributed by atoms with E-state index in [-0.39, 0.29) is 0 Å². The average Bonchev–Trinajstić information content (AvgIpc) is 2.98. The van der Waals surface area contributed by atoms with Gasteiger partial charge in [0, 0.05) is 6.54 Å². The fourth-order valence-electron chi connectivity index (χ4n) is 1.49. The van der Waals surface area contributed by atoms with Crippen LogP contribution in [0, 0.1) is 5.41 Å². The number of para-hydroxylation sites is 1. The van der Waals surface area contributed by atoms with Crippen LogP contribution in [0.1, 0.15) is 12.8 Å². The summed E-state index contributed by atoms with van der Waals surface area (Å²) in [5, 5.41) is 12.7. The Morgan fingerprint density at radius 3 is 2.67 bits per heavy atom. The third-order valence-electron chi connectivity index (χ3n) is 2.80. The van der Waals surface area contributed by atoms with Gasteiger partial charge in [-0.3, -0.25) is 4.79 Å². The van der Waals surface area contributed by atoms with Gasteiger partial charge in [-0.25, -0.2) is 0 Å². The van der Waals surface area contributed by atoms with E-state index in [0.29, 0.717) is 11.6 Å². The molecule has 0 amide bonds. The van der Waals surface area contributed by atoms with Crippen LogP contribution >= 0.6 is 11.6 Å². The summed E-state index contributed by atoms with van der Waals surface area (Å²) >= 11 is 5.94. The van der Waals surface area contributed by atoms with Crippen LogP contribution in [0.5, 0.6) is 0 Å². The first kappa shape index (κ1) is 10.3. The lowest BCUT2D eigenvalue weighted by Crippen LogP contribution is -2.24. The van der Waals surface area contributed by atoms with E-state index in [4.69, 9.17) is 16.7 Å². The normalized spacial score (nSPS) is 17.1. The fraction of sp³-hybridized carbons (Fsp3) is 0.364. The number of benzene rings is 1. The molecule has 1 aromatic carbocycles. The number of rotatable bonds is 4. The maximum absolute atomic E-state index is 10.9. The molecule has 15 heavy (non-hydrogen) atoms. The maximum atomic E-state index is 10.9. The van der Waals surface area contributed by atoms with Crippen molar-refractivity contribution in [1.29, 1.82) is 0 Å². The molecule has 0 aromatic heterocycles. The number of nitrogens with one attached hydrogen (secondary N) is 1. The van der Waals surface area contributed by atoms with Crippen LogP contribution < -0.4 is 5.32 Å². The van der Waals surface area contributed by atoms with E-state index in [1.165, 1.54) is 0 Å². The summed E-state index contributed by atoms with van der Waals surface area (Å²) in [6.45, 7) is 0.450. The van der Waals surface area contributed by atoms with Gasteiger partial charge in [0.15, 0.2) is 0 Å². The van der Waals surface area contributed by atoms with Crippen molar-refractivity contribution < 1.29 is 9.90 Å². The molecule has 0 bridgehead atoms. The first-order chi connectivity index (χ1) is 7.14. The van der Waals surface area contributed by atoms with Crippen LogP contribution in [0.3, 0.4) is 0 Å². The van der Waals surface area contributed by atoms with Crippen LogP contribution in [0.15, 0.2) is 24.3 Å². The lowest BCUT2D eigenvalue weighted by atomic mass is 10.1. The summed E-state index contributed by atoms with van der Waals surface area (Å²) in [5.41, 5.74) is 0.241. The summed E-state index contributed by atoms with van der Waals surface area (Å²) in [6, 6.07) is 7.34. The topological polar surface area (TPSA) is 49.3 Å². The minimum Gasteiger partial charge on any atom is -0.481 e. The molecule has 0 heterocycles. The molecule has 0 unspecified atom stereocenters. The third-order valence-corrected chi connectivity index (χ3v) is 3.13. The van der Waals surface area contributed by atoms with Crippen LogP contribution in [0.25, 0.3) is 0 Å². The van der Waals surface area contributed by atoms with E-state index in [0.717, 1.165) is 18.5 Å². The standard InChI is InChI=1S/C11H12ClNO2/c12-8-3-1-2-4-9(8)13-7-11(5-6-11)10(14)15/h1-4,13H,5-7H2,(H,14,15). The molecule has 0 saturated heterocycles. The highest BCUT2D eigenvalue weighted by molar-refractivity contribution is 6.33. The average molecular weight is 226 g/mol. The molecule has 1 aromatic rings. The highest BCUT2D eigenvalue weighted by Gasteiger charge is 2.50. The van der Waals surface area contributed by atoms with E-state index in [1.807, 2.05) is 18.2 Å². The molecule has 0 atom stereocenters. The molecular weight excluding hydrogens is 214 g/mol. The Hall–Kier alpha value is -1.22. The van der Waals surface area contributed by atoms with Gasteiger partial charge in [0.25, 0.3) is 0 Å². The van der Waals surface area contributed by atoms with Gasteiger partial charge in [-0.1, -0.05) is 23.7 Å². The van der Waals surface area contributed by atoms with Crippen molar-refractivity contribution in [3.05, 3.63) is 29.3 Å². The largest absolute Gasteiger partial charge is 0.481 e. The monoisotopic (exact) mass is 225 g/mol. The number of carboxylic acid groups (broad SMARTS) is 1. The molecular formula is C11H12ClNO2. The predicted molar refractivity (Wildman–Crippen MR) is 59.2 cm³/mol. The first-order valence-electron chi connectivity index (χ1n) is 4.86. The van der Waals surface area contributed by atoms with E-state index in [9.17, 15) is 4.79 Å². The summed E-state index contributed by atoms with van der Waals surface area (Å²) in [6.07, 6.45) is 1.50.